The van der Waals surface area contributed by atoms with Crippen LogP contribution in [0.25, 0.3) is 0 Å². The Labute approximate surface area is 126 Å². The smallest absolute Gasteiger partial charge is 0.310 e. The number of hydrogen-bond acceptors (Lipinski definition) is 4. The Kier molecular flexibility index (Phi) is 3.32. The van der Waals surface area contributed by atoms with E-state index in [1.54, 1.807) is 0 Å². The molecule has 4 nitrogen and oxygen atoms in total. The zero-order valence-electron chi connectivity index (χ0n) is 14.3. The molecular formula is C17H26O4. The van der Waals surface area contributed by atoms with Crippen LogP contribution in [0, 0.1) is 28.1 Å². The van der Waals surface area contributed by atoms with E-state index in [2.05, 4.69) is 41.5 Å². The van der Waals surface area contributed by atoms with Gasteiger partial charge in [0.05, 0.1) is 26.1 Å². The van der Waals surface area contributed by atoms with E-state index in [1.807, 2.05) is 0 Å². The average molecular weight is 294 g/mol. The van der Waals surface area contributed by atoms with Crippen LogP contribution in [0.4, 0.5) is 0 Å². The van der Waals surface area contributed by atoms with E-state index in [-0.39, 0.29) is 17.4 Å². The molecule has 0 aromatic rings. The molecule has 0 N–H and O–H groups in total. The minimum atomic E-state index is -0.501. The topological polar surface area (TPSA) is 52.6 Å². The van der Waals surface area contributed by atoms with E-state index in [0.29, 0.717) is 0 Å². The van der Waals surface area contributed by atoms with Crippen LogP contribution in [0.3, 0.4) is 0 Å². The zero-order chi connectivity index (χ0) is 16.4. The van der Waals surface area contributed by atoms with Gasteiger partial charge in [0.1, 0.15) is 0 Å². The first-order valence-corrected chi connectivity index (χ1v) is 7.37. The molecule has 4 heteroatoms. The molecule has 0 heterocycles. The van der Waals surface area contributed by atoms with Gasteiger partial charge in [-0.2, -0.15) is 0 Å². The van der Waals surface area contributed by atoms with Crippen molar-refractivity contribution >= 4 is 11.9 Å². The number of carbonyl (C=O) groups is 2. The van der Waals surface area contributed by atoms with Crippen LogP contribution in [0.1, 0.15) is 41.5 Å². The summed E-state index contributed by atoms with van der Waals surface area (Å²) in [5, 5.41) is 0. The molecule has 0 radical (unpaired) electrons. The fraction of sp³-hybridized carbons (Fsp3) is 0.765. The molecule has 0 amide bonds. The predicted molar refractivity (Wildman–Crippen MR) is 79.4 cm³/mol. The monoisotopic (exact) mass is 294 g/mol. The summed E-state index contributed by atoms with van der Waals surface area (Å²) in [6.45, 7) is 12.6. The number of esters is 2. The molecule has 0 unspecified atom stereocenters. The lowest BCUT2D eigenvalue weighted by molar-refractivity contribution is -0.161. The SMILES string of the molecule is COC(=O)[C@@H]1[C@@H](C(=O)OC)[C@@]2(C)C(C)=C(C)[C@@]1(C)C2(C)C. The fourth-order valence-electron chi connectivity index (χ4n) is 5.16. The van der Waals surface area contributed by atoms with Crippen molar-refractivity contribution in [2.75, 3.05) is 14.2 Å². The number of fused-ring (bicyclic) bond motifs is 2. The number of allylic oxidation sites excluding steroid dienone is 2. The van der Waals surface area contributed by atoms with Gasteiger partial charge in [-0.05, 0) is 19.3 Å². The molecule has 2 aliphatic carbocycles. The summed E-state index contributed by atoms with van der Waals surface area (Å²) in [7, 11) is 2.76. The third-order valence-corrected chi connectivity index (χ3v) is 7.20. The molecular weight excluding hydrogens is 268 g/mol. The molecule has 0 aromatic carbocycles. The fourth-order valence-corrected chi connectivity index (χ4v) is 5.16. The highest BCUT2D eigenvalue weighted by Crippen LogP contribution is 2.78. The molecule has 2 aliphatic rings. The van der Waals surface area contributed by atoms with E-state index in [9.17, 15) is 9.59 Å². The van der Waals surface area contributed by atoms with Crippen LogP contribution in [-0.4, -0.2) is 26.2 Å². The van der Waals surface area contributed by atoms with Crippen LogP contribution >= 0.6 is 0 Å². The summed E-state index contributed by atoms with van der Waals surface area (Å²) in [5.74, 6) is -1.65. The van der Waals surface area contributed by atoms with Gasteiger partial charge in [-0.25, -0.2) is 0 Å². The Morgan fingerprint density at radius 3 is 1.33 bits per heavy atom. The molecule has 0 aromatic heterocycles. The van der Waals surface area contributed by atoms with Crippen molar-refractivity contribution < 1.29 is 19.1 Å². The van der Waals surface area contributed by atoms with E-state index in [1.165, 1.54) is 25.4 Å². The molecule has 2 bridgehead atoms. The first-order valence-electron chi connectivity index (χ1n) is 7.37. The lowest BCUT2D eigenvalue weighted by Crippen LogP contribution is -2.43. The molecule has 1 fully saturated rings. The summed E-state index contributed by atoms with van der Waals surface area (Å²) >= 11 is 0. The highest BCUT2D eigenvalue weighted by atomic mass is 16.5. The maximum atomic E-state index is 12.5. The molecule has 21 heavy (non-hydrogen) atoms. The minimum Gasteiger partial charge on any atom is -0.469 e. The van der Waals surface area contributed by atoms with E-state index < -0.39 is 22.7 Å². The van der Waals surface area contributed by atoms with Gasteiger partial charge in [0.25, 0.3) is 0 Å². The number of ether oxygens (including phenoxy) is 2. The number of rotatable bonds is 2. The summed E-state index contributed by atoms with van der Waals surface area (Å²) in [6.07, 6.45) is 0. The predicted octanol–water partition coefficient (Wildman–Crippen LogP) is 2.97. The maximum absolute atomic E-state index is 12.5. The highest BCUT2D eigenvalue weighted by molar-refractivity contribution is 5.87. The van der Waals surface area contributed by atoms with Crippen molar-refractivity contribution in [2.45, 2.75) is 41.5 Å². The Morgan fingerprint density at radius 1 is 0.810 bits per heavy atom. The summed E-state index contributed by atoms with van der Waals surface area (Å²) in [5.41, 5.74) is 1.36. The van der Waals surface area contributed by atoms with E-state index in [4.69, 9.17) is 9.47 Å². The summed E-state index contributed by atoms with van der Waals surface area (Å²) in [6, 6.07) is 0. The van der Waals surface area contributed by atoms with Crippen LogP contribution in [0.15, 0.2) is 11.1 Å². The quantitative estimate of drug-likeness (QED) is 0.580. The first kappa shape index (κ1) is 16.1. The normalized spacial score (nSPS) is 40.4. The second-order valence-electron chi connectivity index (χ2n) is 7.28. The van der Waals surface area contributed by atoms with E-state index in [0.717, 1.165) is 0 Å². The van der Waals surface area contributed by atoms with Crippen LogP contribution in [-0.2, 0) is 19.1 Å². The average Bonchev–Trinajstić information content (AvgIpc) is 2.65. The number of methoxy groups -OCH3 is 2. The lowest BCUT2D eigenvalue weighted by atomic mass is 9.61. The van der Waals surface area contributed by atoms with Gasteiger partial charge >= 0.3 is 11.9 Å². The number of hydrogen-bond donors (Lipinski definition) is 0. The Balaban J connectivity index is 2.79. The molecule has 0 aliphatic heterocycles. The lowest BCUT2D eigenvalue weighted by Gasteiger charge is -2.42. The van der Waals surface area contributed by atoms with Crippen molar-refractivity contribution in [1.29, 1.82) is 0 Å². The van der Waals surface area contributed by atoms with Crippen molar-refractivity contribution in [3.05, 3.63) is 11.1 Å². The van der Waals surface area contributed by atoms with Gasteiger partial charge in [0.2, 0.25) is 0 Å². The molecule has 118 valence electrons. The van der Waals surface area contributed by atoms with Crippen molar-refractivity contribution in [3.63, 3.8) is 0 Å². The second kappa shape index (κ2) is 4.34. The van der Waals surface area contributed by atoms with E-state index >= 15 is 0 Å². The van der Waals surface area contributed by atoms with Crippen LogP contribution in [0.5, 0.6) is 0 Å². The van der Waals surface area contributed by atoms with Crippen LogP contribution in [0.2, 0.25) is 0 Å². The summed E-state index contributed by atoms with van der Waals surface area (Å²) < 4.78 is 10.1. The summed E-state index contributed by atoms with van der Waals surface area (Å²) in [4.78, 5) is 24.9. The standard InChI is InChI=1S/C17H26O4/c1-9-10(2)17(6)12(14(19)21-8)11(13(18)20-7)16(9,5)15(17,3)4/h11-12H,1-8H3/t11-,12-,16+,17+/m0/s1. The van der Waals surface area contributed by atoms with Crippen molar-refractivity contribution in [1.82, 2.24) is 0 Å². The minimum absolute atomic E-state index is 0.230. The Bertz CT molecular complexity index is 499. The molecule has 1 saturated carbocycles. The third kappa shape index (κ3) is 1.41. The van der Waals surface area contributed by atoms with Crippen molar-refractivity contribution in [2.24, 2.45) is 28.1 Å². The first-order chi connectivity index (χ1) is 9.53. The Hall–Kier alpha value is -1.32. The third-order valence-electron chi connectivity index (χ3n) is 7.20. The molecule has 0 spiro atoms. The van der Waals surface area contributed by atoms with Gasteiger partial charge in [-0.15, -0.1) is 0 Å². The Morgan fingerprint density at radius 2 is 1.10 bits per heavy atom. The van der Waals surface area contributed by atoms with Gasteiger partial charge < -0.3 is 9.47 Å². The zero-order valence-corrected chi connectivity index (χ0v) is 14.3. The largest absolute Gasteiger partial charge is 0.469 e. The molecule has 0 saturated heterocycles. The van der Waals surface area contributed by atoms with Gasteiger partial charge in [0, 0.05) is 10.8 Å². The van der Waals surface area contributed by atoms with Gasteiger partial charge in [-0.1, -0.05) is 38.8 Å². The van der Waals surface area contributed by atoms with Gasteiger partial charge in [0.15, 0.2) is 0 Å². The van der Waals surface area contributed by atoms with Gasteiger partial charge in [-0.3, -0.25) is 9.59 Å². The highest BCUT2D eigenvalue weighted by Gasteiger charge is 2.77. The molecule has 2 rings (SSSR count). The van der Waals surface area contributed by atoms with Crippen LogP contribution < -0.4 is 0 Å². The van der Waals surface area contributed by atoms with Crippen molar-refractivity contribution in [3.8, 4) is 0 Å². The maximum Gasteiger partial charge on any atom is 0.310 e. The molecule has 4 atom stereocenters. The second-order valence-corrected chi connectivity index (χ2v) is 7.28. The number of carbonyl (C=O) groups excluding carboxylic acids is 2.